The van der Waals surface area contributed by atoms with Crippen molar-refractivity contribution in [1.29, 1.82) is 0 Å². The van der Waals surface area contributed by atoms with Gasteiger partial charge in [0.25, 0.3) is 0 Å². The SMILES string of the molecule is Cc1ccc(CN(CCc2c[nH]c3ccccc23)C(=O)CN(C(=O)CC(C)C)C2CC2)cc1. The fraction of sp³-hybridized carbons (Fsp3) is 0.429. The highest BCUT2D eigenvalue weighted by Gasteiger charge is 2.34. The first kappa shape index (κ1) is 23.1. The molecule has 0 unspecified atom stereocenters. The molecule has 1 aliphatic carbocycles. The number of hydrogen-bond acceptors (Lipinski definition) is 2. The highest BCUT2D eigenvalue weighted by Crippen LogP contribution is 2.28. The van der Waals surface area contributed by atoms with E-state index in [0.29, 0.717) is 25.4 Å². The third-order valence-corrected chi connectivity index (χ3v) is 6.37. The summed E-state index contributed by atoms with van der Waals surface area (Å²) in [5.74, 6) is 0.423. The fourth-order valence-corrected chi connectivity index (χ4v) is 4.32. The Bertz CT molecular complexity index is 1100. The van der Waals surface area contributed by atoms with E-state index >= 15 is 0 Å². The van der Waals surface area contributed by atoms with Crippen molar-refractivity contribution in [2.45, 2.75) is 59.0 Å². The number of H-pyrrole nitrogens is 1. The second kappa shape index (κ2) is 10.2. The van der Waals surface area contributed by atoms with E-state index < -0.39 is 0 Å². The molecule has 0 atom stereocenters. The molecule has 33 heavy (non-hydrogen) atoms. The van der Waals surface area contributed by atoms with Gasteiger partial charge in [-0.1, -0.05) is 61.9 Å². The van der Waals surface area contributed by atoms with Crippen molar-refractivity contribution in [2.24, 2.45) is 5.92 Å². The van der Waals surface area contributed by atoms with Crippen molar-refractivity contribution >= 4 is 22.7 Å². The van der Waals surface area contributed by atoms with Crippen LogP contribution in [0.4, 0.5) is 0 Å². The predicted octanol–water partition coefficient (Wildman–Crippen LogP) is 5.08. The lowest BCUT2D eigenvalue weighted by molar-refractivity contribution is -0.141. The maximum Gasteiger partial charge on any atom is 0.242 e. The predicted molar refractivity (Wildman–Crippen MR) is 133 cm³/mol. The van der Waals surface area contributed by atoms with E-state index in [0.717, 1.165) is 30.3 Å². The molecule has 0 radical (unpaired) electrons. The molecule has 174 valence electrons. The Balaban J connectivity index is 1.50. The highest BCUT2D eigenvalue weighted by molar-refractivity contribution is 5.86. The van der Waals surface area contributed by atoms with Gasteiger partial charge in [-0.3, -0.25) is 9.59 Å². The molecule has 0 saturated heterocycles. The minimum absolute atomic E-state index is 0.0272. The highest BCUT2D eigenvalue weighted by atomic mass is 16.2. The number of rotatable bonds is 10. The molecule has 5 heteroatoms. The molecule has 0 aliphatic heterocycles. The minimum Gasteiger partial charge on any atom is -0.361 e. The van der Waals surface area contributed by atoms with Gasteiger partial charge >= 0.3 is 0 Å². The molecule has 2 amide bonds. The third-order valence-electron chi connectivity index (χ3n) is 6.37. The molecule has 3 aromatic rings. The molecule has 1 aliphatic rings. The number of carbonyl (C=O) groups excluding carboxylic acids is 2. The zero-order valence-electron chi connectivity index (χ0n) is 20.0. The first-order valence-electron chi connectivity index (χ1n) is 12.1. The molecule has 1 saturated carbocycles. The average Bonchev–Trinajstić information content (AvgIpc) is 3.55. The number of aryl methyl sites for hydroxylation is 1. The summed E-state index contributed by atoms with van der Waals surface area (Å²) in [5.41, 5.74) is 4.64. The average molecular weight is 446 g/mol. The number of amides is 2. The summed E-state index contributed by atoms with van der Waals surface area (Å²) in [5, 5.41) is 1.20. The van der Waals surface area contributed by atoms with Crippen LogP contribution in [0.15, 0.2) is 54.7 Å². The monoisotopic (exact) mass is 445 g/mol. The summed E-state index contributed by atoms with van der Waals surface area (Å²) in [6.07, 6.45) is 5.32. The van der Waals surface area contributed by atoms with Crippen molar-refractivity contribution in [3.05, 3.63) is 71.4 Å². The van der Waals surface area contributed by atoms with Crippen LogP contribution in [-0.2, 0) is 22.6 Å². The van der Waals surface area contributed by atoms with Gasteiger partial charge in [0.15, 0.2) is 0 Å². The number of nitrogens with zero attached hydrogens (tertiary/aromatic N) is 2. The van der Waals surface area contributed by atoms with E-state index in [2.05, 4.69) is 62.2 Å². The number of hydrogen-bond donors (Lipinski definition) is 1. The van der Waals surface area contributed by atoms with Gasteiger partial charge < -0.3 is 14.8 Å². The maximum absolute atomic E-state index is 13.5. The summed E-state index contributed by atoms with van der Waals surface area (Å²) in [7, 11) is 0. The third kappa shape index (κ3) is 6.04. The first-order chi connectivity index (χ1) is 15.9. The van der Waals surface area contributed by atoms with E-state index in [1.165, 1.54) is 16.5 Å². The Labute approximate surface area is 196 Å². The summed E-state index contributed by atoms with van der Waals surface area (Å²) >= 11 is 0. The van der Waals surface area contributed by atoms with Gasteiger partial charge in [-0.2, -0.15) is 0 Å². The second-order valence-corrected chi connectivity index (χ2v) is 9.76. The van der Waals surface area contributed by atoms with Crippen molar-refractivity contribution in [1.82, 2.24) is 14.8 Å². The number of para-hydroxylation sites is 1. The smallest absolute Gasteiger partial charge is 0.242 e. The Hall–Kier alpha value is -3.08. The van der Waals surface area contributed by atoms with Crippen LogP contribution in [0.1, 0.15) is 49.8 Å². The van der Waals surface area contributed by atoms with Crippen molar-refractivity contribution in [3.8, 4) is 0 Å². The standard InChI is InChI=1S/C28H35N3O2/c1-20(2)16-27(32)31(24-12-13-24)19-28(33)30(18-22-10-8-21(3)9-11-22)15-14-23-17-29-26-7-5-4-6-25(23)26/h4-11,17,20,24,29H,12-16,18-19H2,1-3H3. The van der Waals surface area contributed by atoms with Gasteiger partial charge in [-0.05, 0) is 49.3 Å². The Morgan fingerprint density at radius 3 is 2.45 bits per heavy atom. The largest absolute Gasteiger partial charge is 0.361 e. The van der Waals surface area contributed by atoms with Crippen LogP contribution >= 0.6 is 0 Å². The number of aromatic nitrogens is 1. The normalized spacial score (nSPS) is 13.5. The number of aromatic amines is 1. The topological polar surface area (TPSA) is 56.4 Å². The van der Waals surface area contributed by atoms with Crippen LogP contribution in [0.25, 0.3) is 10.9 Å². The number of nitrogens with one attached hydrogen (secondary N) is 1. The Kier molecular flexibility index (Phi) is 7.17. The lowest BCUT2D eigenvalue weighted by Crippen LogP contribution is -2.44. The number of carbonyl (C=O) groups is 2. The van der Waals surface area contributed by atoms with Gasteiger partial charge in [-0.25, -0.2) is 0 Å². The molecule has 2 aromatic carbocycles. The van der Waals surface area contributed by atoms with Crippen LogP contribution in [0.2, 0.25) is 0 Å². The molecule has 5 nitrogen and oxygen atoms in total. The molecule has 0 bridgehead atoms. The van der Waals surface area contributed by atoms with Gasteiger partial charge in [0.2, 0.25) is 11.8 Å². The zero-order chi connectivity index (χ0) is 23.4. The zero-order valence-corrected chi connectivity index (χ0v) is 20.0. The van der Waals surface area contributed by atoms with Crippen LogP contribution in [0.3, 0.4) is 0 Å². The van der Waals surface area contributed by atoms with Gasteiger partial charge in [-0.15, -0.1) is 0 Å². The van der Waals surface area contributed by atoms with E-state index in [9.17, 15) is 9.59 Å². The van der Waals surface area contributed by atoms with E-state index in [1.54, 1.807) is 0 Å². The summed E-state index contributed by atoms with van der Waals surface area (Å²) < 4.78 is 0. The molecule has 4 rings (SSSR count). The fourth-order valence-electron chi connectivity index (χ4n) is 4.32. The number of fused-ring (bicyclic) bond motifs is 1. The lowest BCUT2D eigenvalue weighted by atomic mass is 10.1. The van der Waals surface area contributed by atoms with E-state index in [1.807, 2.05) is 28.1 Å². The Morgan fingerprint density at radius 1 is 1.03 bits per heavy atom. The molecular weight excluding hydrogens is 410 g/mol. The quantitative estimate of drug-likeness (QED) is 0.473. The number of benzene rings is 2. The van der Waals surface area contributed by atoms with Crippen LogP contribution in [-0.4, -0.2) is 45.7 Å². The van der Waals surface area contributed by atoms with E-state index in [-0.39, 0.29) is 24.4 Å². The van der Waals surface area contributed by atoms with Gasteiger partial charge in [0, 0.05) is 42.7 Å². The molecule has 1 fully saturated rings. The molecule has 1 heterocycles. The minimum atomic E-state index is 0.0272. The van der Waals surface area contributed by atoms with Crippen molar-refractivity contribution in [2.75, 3.05) is 13.1 Å². The summed E-state index contributed by atoms with van der Waals surface area (Å²) in [6.45, 7) is 7.52. The van der Waals surface area contributed by atoms with Crippen LogP contribution in [0, 0.1) is 12.8 Å². The lowest BCUT2D eigenvalue weighted by Gasteiger charge is -2.28. The second-order valence-electron chi connectivity index (χ2n) is 9.76. The van der Waals surface area contributed by atoms with Gasteiger partial charge in [0.1, 0.15) is 6.54 Å². The first-order valence-corrected chi connectivity index (χ1v) is 12.1. The molecule has 1 aromatic heterocycles. The van der Waals surface area contributed by atoms with Crippen LogP contribution in [0.5, 0.6) is 0 Å². The maximum atomic E-state index is 13.5. The van der Waals surface area contributed by atoms with Crippen molar-refractivity contribution < 1.29 is 9.59 Å². The molecule has 0 spiro atoms. The van der Waals surface area contributed by atoms with Crippen molar-refractivity contribution in [3.63, 3.8) is 0 Å². The molecule has 1 N–H and O–H groups in total. The van der Waals surface area contributed by atoms with Crippen LogP contribution < -0.4 is 0 Å². The van der Waals surface area contributed by atoms with Gasteiger partial charge in [0.05, 0.1) is 0 Å². The Morgan fingerprint density at radius 2 is 1.76 bits per heavy atom. The summed E-state index contributed by atoms with van der Waals surface area (Å²) in [6, 6.07) is 16.8. The molecular formula is C28H35N3O2. The van der Waals surface area contributed by atoms with E-state index in [4.69, 9.17) is 0 Å². The summed E-state index contributed by atoms with van der Waals surface area (Å²) in [4.78, 5) is 33.4.